The van der Waals surface area contributed by atoms with E-state index < -0.39 is 0 Å². The Morgan fingerprint density at radius 3 is 2.70 bits per heavy atom. The van der Waals surface area contributed by atoms with Crippen LogP contribution in [0.25, 0.3) is 10.2 Å². The molecule has 1 N–H and O–H groups in total. The first-order chi connectivity index (χ1) is 13.0. The summed E-state index contributed by atoms with van der Waals surface area (Å²) < 4.78 is 6.51. The van der Waals surface area contributed by atoms with Gasteiger partial charge in [-0.2, -0.15) is 0 Å². The number of aromatic nitrogens is 1. The first-order valence-corrected chi connectivity index (χ1v) is 9.98. The van der Waals surface area contributed by atoms with E-state index in [-0.39, 0.29) is 5.91 Å². The van der Waals surface area contributed by atoms with E-state index in [2.05, 4.69) is 33.2 Å². The summed E-state index contributed by atoms with van der Waals surface area (Å²) >= 11 is 1.57. The lowest BCUT2D eigenvalue weighted by Gasteiger charge is -2.21. The number of hydrogen-bond acceptors (Lipinski definition) is 4. The number of ether oxygens (including phenoxy) is 1. The maximum absolute atomic E-state index is 13.3. The molecule has 0 spiro atoms. The van der Waals surface area contributed by atoms with Gasteiger partial charge in [0.05, 0.1) is 50.1 Å². The molecule has 2 aromatic carbocycles. The van der Waals surface area contributed by atoms with E-state index in [0.29, 0.717) is 17.9 Å². The molecule has 6 heteroatoms. The maximum atomic E-state index is 13.3. The molecule has 3 aromatic rings. The lowest BCUT2D eigenvalue weighted by Crippen LogP contribution is -3.06. The number of thiazole rings is 1. The Morgan fingerprint density at radius 2 is 2.00 bits per heavy atom. The number of carbonyl (C=O) groups is 1. The largest absolute Gasteiger partial charge is 0.496 e. The number of carbonyl (C=O) groups excluding carboxylic acids is 1. The Balaban J connectivity index is 2.01. The minimum atomic E-state index is -0.0801. The first-order valence-electron chi connectivity index (χ1n) is 9.16. The monoisotopic (exact) mass is 384 g/mol. The maximum Gasteiger partial charge on any atom is 0.264 e. The van der Waals surface area contributed by atoms with Crippen molar-refractivity contribution >= 4 is 32.6 Å². The second kappa shape index (κ2) is 8.50. The summed E-state index contributed by atoms with van der Waals surface area (Å²) in [5.41, 5.74) is 2.77. The van der Waals surface area contributed by atoms with Crippen LogP contribution in [0.5, 0.6) is 5.75 Å². The predicted molar refractivity (Wildman–Crippen MR) is 111 cm³/mol. The highest BCUT2D eigenvalue weighted by atomic mass is 32.1. The molecule has 0 saturated carbocycles. The molecule has 0 aliphatic rings. The molecule has 27 heavy (non-hydrogen) atoms. The highest BCUT2D eigenvalue weighted by molar-refractivity contribution is 7.22. The molecule has 0 unspecified atom stereocenters. The van der Waals surface area contributed by atoms with E-state index in [4.69, 9.17) is 9.72 Å². The molecule has 0 radical (unpaired) electrons. The van der Waals surface area contributed by atoms with Gasteiger partial charge in [0, 0.05) is 0 Å². The Bertz CT molecular complexity index is 936. The van der Waals surface area contributed by atoms with Crippen molar-refractivity contribution in [3.05, 3.63) is 53.6 Å². The van der Waals surface area contributed by atoms with Crippen molar-refractivity contribution in [3.63, 3.8) is 0 Å². The van der Waals surface area contributed by atoms with Crippen LogP contribution < -0.4 is 14.5 Å². The zero-order chi connectivity index (χ0) is 19.4. The van der Waals surface area contributed by atoms with Crippen molar-refractivity contribution in [3.8, 4) is 5.75 Å². The Hall–Kier alpha value is -2.44. The number of methoxy groups -OCH3 is 1. The van der Waals surface area contributed by atoms with Crippen molar-refractivity contribution in [2.45, 2.75) is 13.3 Å². The normalized spacial score (nSPS) is 11.1. The van der Waals surface area contributed by atoms with Gasteiger partial charge >= 0.3 is 0 Å². The number of aryl methyl sites for hydroxylation is 1. The van der Waals surface area contributed by atoms with Crippen molar-refractivity contribution in [2.75, 3.05) is 39.2 Å². The summed E-state index contributed by atoms with van der Waals surface area (Å²) in [6.07, 6.45) is 0.983. The molecule has 0 saturated heterocycles. The van der Waals surface area contributed by atoms with Crippen LogP contribution >= 0.6 is 11.3 Å². The zero-order valence-corrected chi connectivity index (χ0v) is 17.1. The number of benzene rings is 2. The Labute approximate surface area is 164 Å². The van der Waals surface area contributed by atoms with Gasteiger partial charge in [-0.25, -0.2) is 4.98 Å². The Kier molecular flexibility index (Phi) is 6.08. The minimum Gasteiger partial charge on any atom is -0.496 e. The SMILES string of the molecule is CCc1ccc2nc(N(CC[NH+](C)C)C(=O)c3ccccc3OC)sc2c1. The standard InChI is InChI=1S/C21H25N3O2S/c1-5-15-10-11-17-19(14-15)27-21(22-17)24(13-12-23(2)3)20(25)16-8-6-7-9-18(16)26-4/h6-11,14H,5,12-13H2,1-4H3/p+1. The number of quaternary nitrogens is 1. The van der Waals surface area contributed by atoms with E-state index in [9.17, 15) is 4.79 Å². The summed E-state index contributed by atoms with van der Waals surface area (Å²) in [6, 6.07) is 13.7. The fourth-order valence-electron chi connectivity index (χ4n) is 2.88. The van der Waals surface area contributed by atoms with E-state index in [1.165, 1.54) is 10.5 Å². The van der Waals surface area contributed by atoms with Crippen molar-refractivity contribution in [1.29, 1.82) is 0 Å². The van der Waals surface area contributed by atoms with Crippen LogP contribution in [0.4, 0.5) is 5.13 Å². The lowest BCUT2D eigenvalue weighted by molar-refractivity contribution is -0.856. The molecule has 0 aliphatic carbocycles. The average Bonchev–Trinajstić information content (AvgIpc) is 3.10. The van der Waals surface area contributed by atoms with Gasteiger partial charge in [-0.3, -0.25) is 9.69 Å². The summed E-state index contributed by atoms with van der Waals surface area (Å²) in [5.74, 6) is 0.502. The smallest absolute Gasteiger partial charge is 0.264 e. The van der Waals surface area contributed by atoms with Gasteiger partial charge in [-0.05, 0) is 36.2 Å². The van der Waals surface area contributed by atoms with Gasteiger partial charge < -0.3 is 9.64 Å². The molecule has 5 nitrogen and oxygen atoms in total. The molecule has 3 rings (SSSR count). The van der Waals surface area contributed by atoms with Gasteiger partial charge in [0.1, 0.15) is 5.75 Å². The van der Waals surface area contributed by atoms with Crippen LogP contribution in [0.3, 0.4) is 0 Å². The second-order valence-electron chi connectivity index (χ2n) is 6.77. The predicted octanol–water partition coefficient (Wildman–Crippen LogP) is 2.66. The topological polar surface area (TPSA) is 46.9 Å². The molecule has 0 fully saturated rings. The molecule has 1 heterocycles. The third-order valence-electron chi connectivity index (χ3n) is 4.50. The third kappa shape index (κ3) is 4.28. The number of amides is 1. The molecular formula is C21H26N3O2S+. The van der Waals surface area contributed by atoms with Crippen LogP contribution in [0.1, 0.15) is 22.8 Å². The summed E-state index contributed by atoms with van der Waals surface area (Å²) in [6.45, 7) is 3.57. The van der Waals surface area contributed by atoms with Crippen LogP contribution in [0, 0.1) is 0 Å². The highest BCUT2D eigenvalue weighted by Gasteiger charge is 2.24. The van der Waals surface area contributed by atoms with E-state index in [0.717, 1.165) is 28.3 Å². The number of likely N-dealkylation sites (N-methyl/N-ethyl adjacent to an activating group) is 1. The van der Waals surface area contributed by atoms with Crippen molar-refractivity contribution in [2.24, 2.45) is 0 Å². The molecule has 142 valence electrons. The van der Waals surface area contributed by atoms with Crippen molar-refractivity contribution < 1.29 is 14.4 Å². The van der Waals surface area contributed by atoms with Crippen LogP contribution in [0.15, 0.2) is 42.5 Å². The van der Waals surface area contributed by atoms with E-state index >= 15 is 0 Å². The number of para-hydroxylation sites is 1. The van der Waals surface area contributed by atoms with Crippen molar-refractivity contribution in [1.82, 2.24) is 4.98 Å². The fraction of sp³-hybridized carbons (Fsp3) is 0.333. The summed E-state index contributed by atoms with van der Waals surface area (Å²) in [4.78, 5) is 21.1. The van der Waals surface area contributed by atoms with Crippen LogP contribution in [-0.2, 0) is 6.42 Å². The average molecular weight is 385 g/mol. The third-order valence-corrected chi connectivity index (χ3v) is 5.54. The molecule has 0 bridgehead atoms. The van der Waals surface area contributed by atoms with Gasteiger partial charge in [0.25, 0.3) is 5.91 Å². The molecule has 1 amide bonds. The van der Waals surface area contributed by atoms with Gasteiger partial charge in [0.15, 0.2) is 5.13 Å². The fourth-order valence-corrected chi connectivity index (χ4v) is 3.93. The van der Waals surface area contributed by atoms with E-state index in [1.54, 1.807) is 29.4 Å². The number of rotatable bonds is 7. The lowest BCUT2D eigenvalue weighted by atomic mass is 10.1. The van der Waals surface area contributed by atoms with Crippen LogP contribution in [-0.4, -0.2) is 45.2 Å². The zero-order valence-electron chi connectivity index (χ0n) is 16.3. The number of fused-ring (bicyclic) bond motifs is 1. The molecule has 0 aliphatic heterocycles. The first kappa shape index (κ1) is 19.3. The summed E-state index contributed by atoms with van der Waals surface area (Å²) in [5, 5.41) is 0.732. The second-order valence-corrected chi connectivity index (χ2v) is 7.78. The molecule has 1 aromatic heterocycles. The van der Waals surface area contributed by atoms with Gasteiger partial charge in [0.2, 0.25) is 0 Å². The van der Waals surface area contributed by atoms with E-state index in [1.807, 2.05) is 24.3 Å². The number of nitrogens with one attached hydrogen (secondary N) is 1. The number of nitrogens with zero attached hydrogens (tertiary/aromatic N) is 2. The number of anilines is 1. The number of hydrogen-bond donors (Lipinski definition) is 1. The van der Waals surface area contributed by atoms with Gasteiger partial charge in [-0.15, -0.1) is 0 Å². The highest BCUT2D eigenvalue weighted by Crippen LogP contribution is 2.31. The molecule has 0 atom stereocenters. The Morgan fingerprint density at radius 1 is 1.22 bits per heavy atom. The summed E-state index contributed by atoms with van der Waals surface area (Å²) in [7, 11) is 5.75. The van der Waals surface area contributed by atoms with Gasteiger partial charge in [-0.1, -0.05) is 36.5 Å². The van der Waals surface area contributed by atoms with Crippen LogP contribution in [0.2, 0.25) is 0 Å². The minimum absolute atomic E-state index is 0.0801. The quantitative estimate of drug-likeness (QED) is 0.681. The molecular weight excluding hydrogens is 358 g/mol.